The number of aromatic nitrogens is 1. The van der Waals surface area contributed by atoms with E-state index in [1.807, 2.05) is 40.9 Å². The fourth-order valence-corrected chi connectivity index (χ4v) is 3.44. The Labute approximate surface area is 145 Å². The molecule has 1 fully saturated rings. The molecule has 24 heavy (non-hydrogen) atoms. The first-order chi connectivity index (χ1) is 11.7. The van der Waals surface area contributed by atoms with Crippen molar-refractivity contribution in [3.63, 3.8) is 0 Å². The SMILES string of the molecule is O=C(NCC(=O)N1CC[NH+](Cc2ccncc2)CC1)c1cccs1. The fraction of sp³-hybridized carbons (Fsp3) is 0.353. The maximum Gasteiger partial charge on any atom is 0.261 e. The summed E-state index contributed by atoms with van der Waals surface area (Å²) in [7, 11) is 0. The predicted octanol–water partition coefficient (Wildman–Crippen LogP) is -0.200. The lowest BCUT2D eigenvalue weighted by molar-refractivity contribution is -0.917. The summed E-state index contributed by atoms with van der Waals surface area (Å²) in [5.74, 6) is -0.192. The molecule has 1 aliphatic rings. The summed E-state index contributed by atoms with van der Waals surface area (Å²) in [6.45, 7) is 4.33. The maximum atomic E-state index is 12.2. The number of nitrogens with zero attached hydrogens (tertiary/aromatic N) is 2. The molecule has 2 aromatic rings. The van der Waals surface area contributed by atoms with Gasteiger partial charge in [-0.25, -0.2) is 0 Å². The Hall–Kier alpha value is -2.25. The van der Waals surface area contributed by atoms with Crippen LogP contribution in [0.1, 0.15) is 15.2 Å². The van der Waals surface area contributed by atoms with E-state index in [9.17, 15) is 9.59 Å². The molecule has 0 radical (unpaired) electrons. The first-order valence-corrected chi connectivity index (χ1v) is 8.92. The van der Waals surface area contributed by atoms with Crippen LogP contribution in [0.25, 0.3) is 0 Å². The average molecular weight is 345 g/mol. The van der Waals surface area contributed by atoms with Gasteiger partial charge in [0, 0.05) is 18.0 Å². The van der Waals surface area contributed by atoms with Crippen LogP contribution in [0.4, 0.5) is 0 Å². The van der Waals surface area contributed by atoms with E-state index in [-0.39, 0.29) is 18.4 Å². The molecule has 7 heteroatoms. The molecule has 3 heterocycles. The van der Waals surface area contributed by atoms with Crippen molar-refractivity contribution < 1.29 is 14.5 Å². The van der Waals surface area contributed by atoms with Crippen LogP contribution in [0, 0.1) is 0 Å². The van der Waals surface area contributed by atoms with Gasteiger partial charge in [0.25, 0.3) is 5.91 Å². The lowest BCUT2D eigenvalue weighted by Crippen LogP contribution is -3.13. The van der Waals surface area contributed by atoms with E-state index in [0.29, 0.717) is 4.88 Å². The van der Waals surface area contributed by atoms with E-state index < -0.39 is 0 Å². The van der Waals surface area contributed by atoms with Crippen LogP contribution in [0.5, 0.6) is 0 Å². The van der Waals surface area contributed by atoms with Crippen LogP contribution < -0.4 is 10.2 Å². The van der Waals surface area contributed by atoms with Crippen LogP contribution in [-0.4, -0.2) is 54.4 Å². The summed E-state index contributed by atoms with van der Waals surface area (Å²) in [6, 6.07) is 7.65. The molecule has 0 bridgehead atoms. The molecule has 126 valence electrons. The Bertz CT molecular complexity index is 667. The first-order valence-electron chi connectivity index (χ1n) is 8.04. The van der Waals surface area contributed by atoms with Gasteiger partial charge in [0.1, 0.15) is 6.54 Å². The van der Waals surface area contributed by atoms with Crippen LogP contribution >= 0.6 is 11.3 Å². The third-order valence-electron chi connectivity index (χ3n) is 4.17. The number of amides is 2. The van der Waals surface area contributed by atoms with E-state index >= 15 is 0 Å². The maximum absolute atomic E-state index is 12.2. The van der Waals surface area contributed by atoms with E-state index in [0.717, 1.165) is 32.7 Å². The molecule has 0 aliphatic carbocycles. The Morgan fingerprint density at radius 1 is 1.21 bits per heavy atom. The largest absolute Gasteiger partial charge is 0.342 e. The van der Waals surface area contributed by atoms with E-state index in [1.165, 1.54) is 21.8 Å². The highest BCUT2D eigenvalue weighted by Gasteiger charge is 2.24. The fourth-order valence-electron chi connectivity index (χ4n) is 2.80. The lowest BCUT2D eigenvalue weighted by atomic mass is 10.2. The summed E-state index contributed by atoms with van der Waals surface area (Å²) in [4.78, 5) is 32.1. The van der Waals surface area contributed by atoms with Crippen molar-refractivity contribution in [3.8, 4) is 0 Å². The number of hydrogen-bond acceptors (Lipinski definition) is 4. The van der Waals surface area contributed by atoms with Gasteiger partial charge in [-0.1, -0.05) is 6.07 Å². The van der Waals surface area contributed by atoms with Crippen molar-refractivity contribution in [2.45, 2.75) is 6.54 Å². The lowest BCUT2D eigenvalue weighted by Gasteiger charge is -2.32. The third-order valence-corrected chi connectivity index (χ3v) is 5.04. The van der Waals surface area contributed by atoms with Gasteiger partial charge >= 0.3 is 0 Å². The molecule has 0 unspecified atom stereocenters. The number of nitrogens with one attached hydrogen (secondary N) is 2. The zero-order chi connectivity index (χ0) is 16.8. The molecule has 0 atom stereocenters. The second kappa shape index (κ2) is 8.03. The van der Waals surface area contributed by atoms with E-state index in [2.05, 4.69) is 10.3 Å². The van der Waals surface area contributed by atoms with Crippen molar-refractivity contribution in [1.29, 1.82) is 0 Å². The highest BCUT2D eigenvalue weighted by molar-refractivity contribution is 7.12. The van der Waals surface area contributed by atoms with Crippen molar-refractivity contribution >= 4 is 23.2 Å². The summed E-state index contributed by atoms with van der Waals surface area (Å²) < 4.78 is 0. The van der Waals surface area contributed by atoms with Gasteiger partial charge in [-0.2, -0.15) is 0 Å². The molecule has 0 aromatic carbocycles. The second-order valence-corrected chi connectivity index (χ2v) is 6.77. The minimum atomic E-state index is -0.180. The number of hydrogen-bond donors (Lipinski definition) is 2. The van der Waals surface area contributed by atoms with E-state index in [1.54, 1.807) is 6.07 Å². The monoisotopic (exact) mass is 345 g/mol. The Kier molecular flexibility index (Phi) is 5.55. The molecule has 2 amide bonds. The summed E-state index contributed by atoms with van der Waals surface area (Å²) in [5.41, 5.74) is 1.27. The molecule has 0 spiro atoms. The molecule has 2 N–H and O–H groups in total. The summed E-state index contributed by atoms with van der Waals surface area (Å²) in [5, 5.41) is 4.55. The smallest absolute Gasteiger partial charge is 0.261 e. The summed E-state index contributed by atoms with van der Waals surface area (Å²) >= 11 is 1.37. The third kappa shape index (κ3) is 4.39. The molecular weight excluding hydrogens is 324 g/mol. The van der Waals surface area contributed by atoms with Crippen LogP contribution in [0.15, 0.2) is 42.0 Å². The zero-order valence-corrected chi connectivity index (χ0v) is 14.2. The van der Waals surface area contributed by atoms with Crippen LogP contribution in [-0.2, 0) is 11.3 Å². The van der Waals surface area contributed by atoms with Gasteiger partial charge in [-0.15, -0.1) is 11.3 Å². The molecule has 0 saturated carbocycles. The van der Waals surface area contributed by atoms with Gasteiger partial charge in [0.2, 0.25) is 5.91 Å². The van der Waals surface area contributed by atoms with Gasteiger partial charge in [-0.05, 0) is 23.6 Å². The standard InChI is InChI=1S/C17H20N4O2S/c22-16(12-19-17(23)15-2-1-11-24-15)21-9-7-20(8-10-21)13-14-3-5-18-6-4-14/h1-6,11H,7-10,12-13H2,(H,19,23)/p+1. The number of pyridine rings is 1. The topological polar surface area (TPSA) is 66.7 Å². The molecule has 1 saturated heterocycles. The minimum Gasteiger partial charge on any atom is -0.342 e. The van der Waals surface area contributed by atoms with Crippen molar-refractivity contribution in [1.82, 2.24) is 15.2 Å². The molecular formula is C17H21N4O2S+. The number of quaternary nitrogens is 1. The molecule has 6 nitrogen and oxygen atoms in total. The Balaban J connectivity index is 1.41. The van der Waals surface area contributed by atoms with Crippen LogP contribution in [0.2, 0.25) is 0 Å². The second-order valence-electron chi connectivity index (χ2n) is 5.82. The average Bonchev–Trinajstić information content (AvgIpc) is 3.16. The number of carbonyl (C=O) groups is 2. The van der Waals surface area contributed by atoms with Crippen molar-refractivity contribution in [3.05, 3.63) is 52.5 Å². The quantitative estimate of drug-likeness (QED) is 0.789. The highest BCUT2D eigenvalue weighted by Crippen LogP contribution is 2.07. The minimum absolute atomic E-state index is 0.0112. The van der Waals surface area contributed by atoms with E-state index in [4.69, 9.17) is 0 Å². The summed E-state index contributed by atoms with van der Waals surface area (Å²) in [6.07, 6.45) is 3.62. The number of rotatable bonds is 5. The number of carbonyl (C=O) groups excluding carboxylic acids is 2. The molecule has 3 rings (SSSR count). The molecule has 1 aliphatic heterocycles. The Morgan fingerprint density at radius 3 is 2.62 bits per heavy atom. The highest BCUT2D eigenvalue weighted by atomic mass is 32.1. The Morgan fingerprint density at radius 2 is 1.96 bits per heavy atom. The first kappa shape index (κ1) is 16.6. The normalized spacial score (nSPS) is 15.2. The van der Waals surface area contributed by atoms with Crippen molar-refractivity contribution in [2.75, 3.05) is 32.7 Å². The number of piperazine rings is 1. The number of thiophene rings is 1. The van der Waals surface area contributed by atoms with Gasteiger partial charge in [-0.3, -0.25) is 14.6 Å². The predicted molar refractivity (Wildman–Crippen MR) is 91.9 cm³/mol. The molecule has 2 aromatic heterocycles. The van der Waals surface area contributed by atoms with Gasteiger partial charge in [0.15, 0.2) is 0 Å². The zero-order valence-electron chi connectivity index (χ0n) is 13.4. The van der Waals surface area contributed by atoms with Crippen LogP contribution in [0.3, 0.4) is 0 Å². The van der Waals surface area contributed by atoms with Crippen molar-refractivity contribution in [2.24, 2.45) is 0 Å². The van der Waals surface area contributed by atoms with Gasteiger partial charge in [0.05, 0.1) is 37.6 Å². The van der Waals surface area contributed by atoms with Gasteiger partial charge < -0.3 is 15.1 Å².